The number of methoxy groups -OCH3 is 1. The van der Waals surface area contributed by atoms with Gasteiger partial charge in [0, 0.05) is 17.7 Å². The Bertz CT molecular complexity index is 333. The monoisotopic (exact) mass is 243 g/mol. The van der Waals surface area contributed by atoms with E-state index in [2.05, 4.69) is 0 Å². The highest BCUT2D eigenvalue weighted by molar-refractivity contribution is 6.31. The molecular formula is C12H18ClNO2. The van der Waals surface area contributed by atoms with E-state index in [0.29, 0.717) is 23.6 Å². The summed E-state index contributed by atoms with van der Waals surface area (Å²) < 4.78 is 5.06. The van der Waals surface area contributed by atoms with Gasteiger partial charge in [-0.25, -0.2) is 0 Å². The van der Waals surface area contributed by atoms with E-state index in [1.165, 1.54) is 0 Å². The van der Waals surface area contributed by atoms with Gasteiger partial charge in [-0.05, 0) is 25.5 Å². The number of benzene rings is 1. The molecule has 0 fully saturated rings. The molecule has 0 heterocycles. The molecule has 4 heteroatoms. The van der Waals surface area contributed by atoms with E-state index >= 15 is 0 Å². The zero-order chi connectivity index (χ0) is 12.0. The first kappa shape index (κ1) is 13.5. The van der Waals surface area contributed by atoms with Crippen molar-refractivity contribution in [3.05, 3.63) is 34.9 Å². The molecule has 0 spiro atoms. The smallest absolute Gasteiger partial charge is 0.114 e. The predicted octanol–water partition coefficient (Wildman–Crippen LogP) is 1.91. The lowest BCUT2D eigenvalue weighted by atomic mass is 9.90. The Morgan fingerprint density at radius 1 is 1.44 bits per heavy atom. The molecule has 0 saturated carbocycles. The van der Waals surface area contributed by atoms with E-state index < -0.39 is 5.60 Å². The summed E-state index contributed by atoms with van der Waals surface area (Å²) >= 11 is 6.08. The van der Waals surface area contributed by atoms with Gasteiger partial charge < -0.3 is 15.6 Å². The van der Waals surface area contributed by atoms with Crippen LogP contribution in [0.2, 0.25) is 5.02 Å². The molecule has 90 valence electrons. The fraction of sp³-hybridized carbons (Fsp3) is 0.500. The average Bonchev–Trinajstić information content (AvgIpc) is 2.27. The van der Waals surface area contributed by atoms with Crippen LogP contribution >= 0.6 is 11.6 Å². The standard InChI is InChI=1S/C12H18ClNO2/c1-16-9-12(15,7-4-8-14)10-5-2-3-6-11(10)13/h2-3,5-6,15H,4,7-9,14H2,1H3. The lowest BCUT2D eigenvalue weighted by molar-refractivity contribution is -0.0428. The number of nitrogens with two attached hydrogens (primary N) is 1. The van der Waals surface area contributed by atoms with Gasteiger partial charge in [-0.15, -0.1) is 0 Å². The molecule has 3 nitrogen and oxygen atoms in total. The van der Waals surface area contributed by atoms with Gasteiger partial charge in [0.1, 0.15) is 5.60 Å². The van der Waals surface area contributed by atoms with Crippen LogP contribution in [0.3, 0.4) is 0 Å². The van der Waals surface area contributed by atoms with Crippen molar-refractivity contribution < 1.29 is 9.84 Å². The van der Waals surface area contributed by atoms with E-state index in [9.17, 15) is 5.11 Å². The summed E-state index contributed by atoms with van der Waals surface area (Å²) in [4.78, 5) is 0. The van der Waals surface area contributed by atoms with Crippen LogP contribution in [0, 0.1) is 0 Å². The quantitative estimate of drug-likeness (QED) is 0.803. The van der Waals surface area contributed by atoms with Gasteiger partial charge in [0.15, 0.2) is 0 Å². The molecule has 1 aromatic rings. The van der Waals surface area contributed by atoms with Crippen LogP contribution in [0.5, 0.6) is 0 Å². The van der Waals surface area contributed by atoms with Gasteiger partial charge in [0.2, 0.25) is 0 Å². The first-order chi connectivity index (χ1) is 7.64. The van der Waals surface area contributed by atoms with Gasteiger partial charge in [-0.1, -0.05) is 29.8 Å². The summed E-state index contributed by atoms with van der Waals surface area (Å²) in [6.07, 6.45) is 1.27. The third-order valence-electron chi connectivity index (χ3n) is 2.55. The number of aliphatic hydroxyl groups is 1. The lowest BCUT2D eigenvalue weighted by Gasteiger charge is -2.28. The largest absolute Gasteiger partial charge is 0.383 e. The molecule has 1 unspecified atom stereocenters. The van der Waals surface area contributed by atoms with E-state index in [1.807, 2.05) is 18.2 Å². The van der Waals surface area contributed by atoms with Crippen molar-refractivity contribution >= 4 is 11.6 Å². The van der Waals surface area contributed by atoms with E-state index in [0.717, 1.165) is 6.42 Å². The fourth-order valence-electron chi connectivity index (χ4n) is 1.76. The Kier molecular flexibility index (Phi) is 5.22. The summed E-state index contributed by atoms with van der Waals surface area (Å²) in [6, 6.07) is 7.27. The highest BCUT2D eigenvalue weighted by Gasteiger charge is 2.30. The molecule has 16 heavy (non-hydrogen) atoms. The Balaban J connectivity index is 2.96. The summed E-state index contributed by atoms with van der Waals surface area (Å²) in [5.41, 5.74) is 5.11. The maximum absolute atomic E-state index is 10.5. The van der Waals surface area contributed by atoms with Gasteiger partial charge in [-0.3, -0.25) is 0 Å². The van der Waals surface area contributed by atoms with Crippen molar-refractivity contribution in [2.45, 2.75) is 18.4 Å². The highest BCUT2D eigenvalue weighted by atomic mass is 35.5. The number of halogens is 1. The van der Waals surface area contributed by atoms with Crippen LogP contribution in [0.15, 0.2) is 24.3 Å². The molecule has 0 amide bonds. The highest BCUT2D eigenvalue weighted by Crippen LogP contribution is 2.32. The summed E-state index contributed by atoms with van der Waals surface area (Å²) in [7, 11) is 1.56. The van der Waals surface area contributed by atoms with Crippen molar-refractivity contribution in [3.63, 3.8) is 0 Å². The van der Waals surface area contributed by atoms with E-state index in [-0.39, 0.29) is 6.61 Å². The van der Waals surface area contributed by atoms with E-state index in [4.69, 9.17) is 22.1 Å². The number of ether oxygens (including phenoxy) is 1. The van der Waals surface area contributed by atoms with Gasteiger partial charge in [0.25, 0.3) is 0 Å². The Morgan fingerprint density at radius 2 is 2.12 bits per heavy atom. The Hall–Kier alpha value is -0.610. The third-order valence-corrected chi connectivity index (χ3v) is 2.88. The molecule has 1 rings (SSSR count). The van der Waals surface area contributed by atoms with Crippen LogP contribution in [-0.2, 0) is 10.3 Å². The van der Waals surface area contributed by atoms with Crippen molar-refractivity contribution in [2.24, 2.45) is 5.73 Å². The summed E-state index contributed by atoms with van der Waals surface area (Å²) in [6.45, 7) is 0.757. The van der Waals surface area contributed by atoms with Crippen LogP contribution in [0.25, 0.3) is 0 Å². The molecule has 3 N–H and O–H groups in total. The zero-order valence-electron chi connectivity index (χ0n) is 9.45. The Labute approximate surface area is 101 Å². The molecule has 1 atom stereocenters. The lowest BCUT2D eigenvalue weighted by Crippen LogP contribution is -2.32. The van der Waals surface area contributed by atoms with Crippen LogP contribution in [-0.4, -0.2) is 25.4 Å². The third kappa shape index (κ3) is 3.19. The minimum absolute atomic E-state index is 0.219. The van der Waals surface area contributed by atoms with Gasteiger partial charge in [-0.2, -0.15) is 0 Å². The predicted molar refractivity (Wildman–Crippen MR) is 65.5 cm³/mol. The summed E-state index contributed by atoms with van der Waals surface area (Å²) in [5, 5.41) is 11.1. The normalized spacial score (nSPS) is 14.8. The minimum Gasteiger partial charge on any atom is -0.383 e. The molecule has 0 aromatic heterocycles. The molecule has 0 radical (unpaired) electrons. The topological polar surface area (TPSA) is 55.5 Å². The summed E-state index contributed by atoms with van der Waals surface area (Å²) in [5.74, 6) is 0. The average molecular weight is 244 g/mol. The second-order valence-corrected chi connectivity index (χ2v) is 4.24. The fourth-order valence-corrected chi connectivity index (χ4v) is 2.07. The second kappa shape index (κ2) is 6.21. The van der Waals surface area contributed by atoms with Crippen LogP contribution in [0.4, 0.5) is 0 Å². The maximum Gasteiger partial charge on any atom is 0.114 e. The van der Waals surface area contributed by atoms with Gasteiger partial charge >= 0.3 is 0 Å². The number of rotatable bonds is 6. The molecule has 0 aliphatic heterocycles. The first-order valence-electron chi connectivity index (χ1n) is 5.30. The van der Waals surface area contributed by atoms with Crippen molar-refractivity contribution in [2.75, 3.05) is 20.3 Å². The van der Waals surface area contributed by atoms with Crippen molar-refractivity contribution in [1.29, 1.82) is 0 Å². The van der Waals surface area contributed by atoms with Crippen molar-refractivity contribution in [1.82, 2.24) is 0 Å². The first-order valence-corrected chi connectivity index (χ1v) is 5.68. The van der Waals surface area contributed by atoms with Crippen molar-refractivity contribution in [3.8, 4) is 0 Å². The van der Waals surface area contributed by atoms with E-state index in [1.54, 1.807) is 13.2 Å². The van der Waals surface area contributed by atoms with Gasteiger partial charge in [0.05, 0.1) is 6.61 Å². The molecule has 0 saturated heterocycles. The number of hydrogen-bond donors (Lipinski definition) is 2. The molecule has 0 aliphatic carbocycles. The maximum atomic E-state index is 10.5. The molecule has 0 bridgehead atoms. The zero-order valence-corrected chi connectivity index (χ0v) is 10.2. The van der Waals surface area contributed by atoms with Crippen LogP contribution in [0.1, 0.15) is 18.4 Å². The number of hydrogen-bond acceptors (Lipinski definition) is 3. The van der Waals surface area contributed by atoms with Crippen LogP contribution < -0.4 is 5.73 Å². The molecule has 1 aromatic carbocycles. The minimum atomic E-state index is -1.05. The SMILES string of the molecule is COCC(O)(CCCN)c1ccccc1Cl. The molecular weight excluding hydrogens is 226 g/mol. The second-order valence-electron chi connectivity index (χ2n) is 3.84. The Morgan fingerprint density at radius 3 is 2.69 bits per heavy atom. The molecule has 0 aliphatic rings.